The maximum atomic E-state index is 13.2. The zero-order valence-electron chi connectivity index (χ0n) is 14.8. The molecule has 5 nitrogen and oxygen atoms in total. The van der Waals surface area contributed by atoms with Crippen LogP contribution in [0.4, 0.5) is 15.9 Å². The molecule has 0 spiro atoms. The van der Waals surface area contributed by atoms with Crippen molar-refractivity contribution in [2.75, 3.05) is 17.7 Å². The van der Waals surface area contributed by atoms with E-state index in [1.807, 2.05) is 37.3 Å². The van der Waals surface area contributed by atoms with Crippen molar-refractivity contribution in [1.82, 2.24) is 9.78 Å². The Labute approximate surface area is 167 Å². The van der Waals surface area contributed by atoms with Crippen LogP contribution >= 0.6 is 23.8 Å². The van der Waals surface area contributed by atoms with Crippen molar-refractivity contribution in [3.8, 4) is 5.75 Å². The lowest BCUT2D eigenvalue weighted by atomic mass is 10.2. The minimum atomic E-state index is -0.365. The van der Waals surface area contributed by atoms with Crippen LogP contribution in [-0.4, -0.2) is 22.0 Å². The van der Waals surface area contributed by atoms with E-state index in [9.17, 15) is 4.39 Å². The first-order valence-electron chi connectivity index (χ1n) is 8.15. The summed E-state index contributed by atoms with van der Waals surface area (Å²) < 4.78 is 20.3. The van der Waals surface area contributed by atoms with Crippen molar-refractivity contribution >= 4 is 40.4 Å². The Balaban J connectivity index is 1.69. The van der Waals surface area contributed by atoms with Gasteiger partial charge in [-0.05, 0) is 49.0 Å². The van der Waals surface area contributed by atoms with Gasteiger partial charge < -0.3 is 15.4 Å². The minimum Gasteiger partial charge on any atom is -0.495 e. The number of benzene rings is 2. The van der Waals surface area contributed by atoms with E-state index in [4.69, 9.17) is 28.6 Å². The molecule has 2 aromatic carbocycles. The van der Waals surface area contributed by atoms with E-state index in [1.54, 1.807) is 17.9 Å². The molecule has 2 N–H and O–H groups in total. The highest BCUT2D eigenvalue weighted by Crippen LogP contribution is 2.23. The molecular weight excluding hydrogens is 387 g/mol. The number of anilines is 2. The lowest BCUT2D eigenvalue weighted by Gasteiger charge is -2.12. The predicted molar refractivity (Wildman–Crippen MR) is 110 cm³/mol. The first-order valence-corrected chi connectivity index (χ1v) is 8.94. The first-order chi connectivity index (χ1) is 13.0. The van der Waals surface area contributed by atoms with Crippen molar-refractivity contribution in [2.24, 2.45) is 0 Å². The molecule has 3 rings (SSSR count). The molecule has 140 valence electrons. The molecule has 1 heterocycles. The summed E-state index contributed by atoms with van der Waals surface area (Å²) in [4.78, 5) is 0. The highest BCUT2D eigenvalue weighted by atomic mass is 35.5. The Morgan fingerprint density at radius 1 is 1.22 bits per heavy atom. The minimum absolute atomic E-state index is 0.365. The topological polar surface area (TPSA) is 51.1 Å². The number of hydrogen-bond acceptors (Lipinski definition) is 3. The van der Waals surface area contributed by atoms with Crippen LogP contribution in [0.25, 0.3) is 0 Å². The number of halogens is 2. The van der Waals surface area contributed by atoms with E-state index >= 15 is 0 Å². The zero-order valence-corrected chi connectivity index (χ0v) is 16.4. The monoisotopic (exact) mass is 404 g/mol. The van der Waals surface area contributed by atoms with Crippen LogP contribution in [0.15, 0.2) is 48.5 Å². The van der Waals surface area contributed by atoms with Crippen molar-refractivity contribution < 1.29 is 9.13 Å². The van der Waals surface area contributed by atoms with Gasteiger partial charge in [0.15, 0.2) is 10.9 Å². The standard InChI is InChI=1S/C19H18ClFN4OS/c1-12-9-18(23-19(27)22-16-5-3-4-6-17(16)26-2)24-25(12)11-13-7-8-14(21)10-15(13)20/h3-10H,11H2,1-2H3,(H2,22,23,24,27). The second-order valence-corrected chi connectivity index (χ2v) is 6.66. The van der Waals surface area contributed by atoms with Gasteiger partial charge >= 0.3 is 0 Å². The van der Waals surface area contributed by atoms with E-state index in [1.165, 1.54) is 12.1 Å². The third-order valence-electron chi connectivity index (χ3n) is 3.91. The third kappa shape index (κ3) is 4.75. The fourth-order valence-corrected chi connectivity index (χ4v) is 3.00. The Morgan fingerprint density at radius 3 is 2.74 bits per heavy atom. The average molecular weight is 405 g/mol. The van der Waals surface area contributed by atoms with Crippen LogP contribution in [0.1, 0.15) is 11.3 Å². The Hall–Kier alpha value is -2.64. The number of para-hydroxylation sites is 2. The van der Waals surface area contributed by atoms with E-state index in [0.717, 1.165) is 16.9 Å². The maximum absolute atomic E-state index is 13.2. The number of ether oxygens (including phenoxy) is 1. The Bertz CT molecular complexity index is 976. The second-order valence-electron chi connectivity index (χ2n) is 5.84. The molecule has 0 unspecified atom stereocenters. The fourth-order valence-electron chi connectivity index (χ4n) is 2.56. The molecule has 0 fully saturated rings. The fraction of sp³-hybridized carbons (Fsp3) is 0.158. The highest BCUT2D eigenvalue weighted by molar-refractivity contribution is 7.80. The molecule has 0 saturated carbocycles. The van der Waals surface area contributed by atoms with E-state index in [2.05, 4.69) is 15.7 Å². The molecule has 0 aliphatic carbocycles. The molecule has 27 heavy (non-hydrogen) atoms. The molecule has 0 saturated heterocycles. The number of thiocarbonyl (C=S) groups is 1. The van der Waals surface area contributed by atoms with Crippen LogP contribution < -0.4 is 15.4 Å². The Kier molecular flexibility index (Phi) is 5.93. The number of aryl methyl sites for hydroxylation is 1. The van der Waals surface area contributed by atoms with Gasteiger partial charge in [-0.3, -0.25) is 4.68 Å². The summed E-state index contributed by atoms with van der Waals surface area (Å²) in [6, 6.07) is 13.7. The predicted octanol–water partition coefficient (Wildman–Crippen LogP) is 4.85. The number of aromatic nitrogens is 2. The molecule has 1 aromatic heterocycles. The molecule has 0 amide bonds. The third-order valence-corrected chi connectivity index (χ3v) is 4.47. The van der Waals surface area contributed by atoms with E-state index in [-0.39, 0.29) is 5.82 Å². The SMILES string of the molecule is COc1ccccc1NC(=S)Nc1cc(C)n(Cc2ccc(F)cc2Cl)n1. The van der Waals surface area contributed by atoms with Gasteiger partial charge in [0.2, 0.25) is 0 Å². The molecule has 3 aromatic rings. The van der Waals surface area contributed by atoms with Crippen LogP contribution in [-0.2, 0) is 6.54 Å². The van der Waals surface area contributed by atoms with Crippen LogP contribution in [0.3, 0.4) is 0 Å². The molecule has 0 aliphatic rings. The van der Waals surface area contributed by atoms with Gasteiger partial charge in [0.25, 0.3) is 0 Å². The summed E-state index contributed by atoms with van der Waals surface area (Å²) in [7, 11) is 1.60. The van der Waals surface area contributed by atoms with Gasteiger partial charge in [-0.2, -0.15) is 5.10 Å². The molecule has 0 radical (unpaired) electrons. The first kappa shape index (κ1) is 19.1. The highest BCUT2D eigenvalue weighted by Gasteiger charge is 2.10. The van der Waals surface area contributed by atoms with Gasteiger partial charge in [0, 0.05) is 16.8 Å². The van der Waals surface area contributed by atoms with Crippen LogP contribution in [0.2, 0.25) is 5.02 Å². The van der Waals surface area contributed by atoms with Gasteiger partial charge in [-0.1, -0.05) is 29.8 Å². The lowest BCUT2D eigenvalue weighted by Crippen LogP contribution is -2.20. The summed E-state index contributed by atoms with van der Waals surface area (Å²) in [6.07, 6.45) is 0. The van der Waals surface area contributed by atoms with Gasteiger partial charge in [-0.25, -0.2) is 4.39 Å². The van der Waals surface area contributed by atoms with Crippen LogP contribution in [0, 0.1) is 12.7 Å². The molecule has 0 atom stereocenters. The molecule has 8 heteroatoms. The van der Waals surface area contributed by atoms with Crippen molar-refractivity contribution in [3.05, 3.63) is 70.6 Å². The largest absolute Gasteiger partial charge is 0.495 e. The van der Waals surface area contributed by atoms with Crippen molar-refractivity contribution in [2.45, 2.75) is 13.5 Å². The second kappa shape index (κ2) is 8.37. The van der Waals surface area contributed by atoms with Gasteiger partial charge in [0.1, 0.15) is 11.6 Å². The normalized spacial score (nSPS) is 10.5. The van der Waals surface area contributed by atoms with E-state index in [0.29, 0.717) is 28.2 Å². The number of methoxy groups -OCH3 is 1. The van der Waals surface area contributed by atoms with Crippen LogP contribution in [0.5, 0.6) is 5.75 Å². The maximum Gasteiger partial charge on any atom is 0.176 e. The Morgan fingerprint density at radius 2 is 2.00 bits per heavy atom. The number of nitrogens with zero attached hydrogens (tertiary/aromatic N) is 2. The molecular formula is C19H18ClFN4OS. The van der Waals surface area contributed by atoms with Crippen molar-refractivity contribution in [1.29, 1.82) is 0 Å². The summed E-state index contributed by atoms with van der Waals surface area (Å²) in [5, 5.41) is 11.4. The lowest BCUT2D eigenvalue weighted by molar-refractivity contribution is 0.417. The van der Waals surface area contributed by atoms with Gasteiger partial charge in [0.05, 0.1) is 19.3 Å². The smallest absolute Gasteiger partial charge is 0.176 e. The average Bonchev–Trinajstić information content (AvgIpc) is 2.96. The summed E-state index contributed by atoms with van der Waals surface area (Å²) in [5.41, 5.74) is 2.45. The summed E-state index contributed by atoms with van der Waals surface area (Å²) >= 11 is 11.5. The zero-order chi connectivity index (χ0) is 19.4. The number of rotatable bonds is 5. The molecule has 0 aliphatic heterocycles. The van der Waals surface area contributed by atoms with Gasteiger partial charge in [-0.15, -0.1) is 0 Å². The van der Waals surface area contributed by atoms with E-state index < -0.39 is 0 Å². The quantitative estimate of drug-likeness (QED) is 0.595. The number of hydrogen-bond donors (Lipinski definition) is 2. The number of nitrogens with one attached hydrogen (secondary N) is 2. The summed E-state index contributed by atoms with van der Waals surface area (Å²) in [6.45, 7) is 2.35. The van der Waals surface area contributed by atoms with Crippen molar-refractivity contribution in [3.63, 3.8) is 0 Å². The summed E-state index contributed by atoms with van der Waals surface area (Å²) in [5.74, 6) is 0.920. The molecule has 0 bridgehead atoms.